The highest BCUT2D eigenvalue weighted by atomic mass is 32.2. The molecule has 1 unspecified atom stereocenters. The summed E-state index contributed by atoms with van der Waals surface area (Å²) in [6.07, 6.45) is 0. The van der Waals surface area contributed by atoms with Crippen LogP contribution >= 0.6 is 11.8 Å². The van der Waals surface area contributed by atoms with Gasteiger partial charge in [0, 0.05) is 31.0 Å². The Bertz CT molecular complexity index is 863. The lowest BCUT2D eigenvalue weighted by Gasteiger charge is -2.14. The van der Waals surface area contributed by atoms with Gasteiger partial charge in [-0.1, -0.05) is 30.0 Å². The number of nitrogens with zero attached hydrogens (tertiary/aromatic N) is 3. The summed E-state index contributed by atoms with van der Waals surface area (Å²) in [5.74, 6) is 0.326. The van der Waals surface area contributed by atoms with E-state index in [0.717, 1.165) is 16.9 Å². The molecular formula is C19H20N4O2S. The van der Waals surface area contributed by atoms with Crippen molar-refractivity contribution in [2.75, 3.05) is 24.3 Å². The molecule has 0 aliphatic carbocycles. The first-order chi connectivity index (χ1) is 12.5. The van der Waals surface area contributed by atoms with Crippen LogP contribution in [-0.2, 0) is 4.79 Å². The number of rotatable bonds is 6. The number of hydrogen-bond donors (Lipinski definition) is 1. The minimum atomic E-state index is -0.368. The summed E-state index contributed by atoms with van der Waals surface area (Å²) in [4.78, 5) is 14.4. The van der Waals surface area contributed by atoms with Crippen LogP contribution in [0.1, 0.15) is 6.92 Å². The summed E-state index contributed by atoms with van der Waals surface area (Å²) in [5, 5.41) is 10.9. The molecule has 6 nitrogen and oxygen atoms in total. The van der Waals surface area contributed by atoms with Gasteiger partial charge in [0.2, 0.25) is 11.8 Å². The van der Waals surface area contributed by atoms with Crippen LogP contribution in [0.2, 0.25) is 0 Å². The Balaban J connectivity index is 1.60. The maximum atomic E-state index is 12.4. The van der Waals surface area contributed by atoms with E-state index in [0.29, 0.717) is 11.1 Å². The Morgan fingerprint density at radius 1 is 1.08 bits per heavy atom. The maximum absolute atomic E-state index is 12.4. The molecule has 1 amide bonds. The van der Waals surface area contributed by atoms with Crippen molar-refractivity contribution in [3.05, 3.63) is 54.6 Å². The molecule has 0 fully saturated rings. The smallest absolute Gasteiger partial charge is 0.277 e. The molecule has 1 atom stereocenters. The van der Waals surface area contributed by atoms with Crippen LogP contribution in [0.15, 0.2) is 64.2 Å². The molecule has 0 aliphatic rings. The van der Waals surface area contributed by atoms with E-state index in [1.807, 2.05) is 73.6 Å². The minimum absolute atomic E-state index is 0.118. The summed E-state index contributed by atoms with van der Waals surface area (Å²) in [7, 11) is 3.95. The highest BCUT2D eigenvalue weighted by Gasteiger charge is 2.19. The summed E-state index contributed by atoms with van der Waals surface area (Å²) in [5.41, 5.74) is 2.68. The highest BCUT2D eigenvalue weighted by Crippen LogP contribution is 2.26. The molecule has 0 saturated heterocycles. The minimum Gasteiger partial charge on any atom is -0.411 e. The van der Waals surface area contributed by atoms with Crippen LogP contribution in [0.5, 0.6) is 0 Å². The fourth-order valence-electron chi connectivity index (χ4n) is 2.25. The van der Waals surface area contributed by atoms with Crippen molar-refractivity contribution in [2.24, 2.45) is 0 Å². The van der Waals surface area contributed by atoms with Crippen LogP contribution in [0.4, 0.5) is 11.4 Å². The van der Waals surface area contributed by atoms with Gasteiger partial charge in [0.15, 0.2) is 0 Å². The van der Waals surface area contributed by atoms with E-state index < -0.39 is 0 Å². The monoisotopic (exact) mass is 368 g/mol. The third kappa shape index (κ3) is 4.43. The third-order valence-electron chi connectivity index (χ3n) is 3.73. The Kier molecular flexibility index (Phi) is 5.58. The fourth-order valence-corrected chi connectivity index (χ4v) is 2.93. The van der Waals surface area contributed by atoms with Crippen molar-refractivity contribution in [3.8, 4) is 11.5 Å². The van der Waals surface area contributed by atoms with Crippen molar-refractivity contribution in [2.45, 2.75) is 17.4 Å². The number of anilines is 2. The average Bonchev–Trinajstić information content (AvgIpc) is 3.11. The van der Waals surface area contributed by atoms with Gasteiger partial charge in [-0.05, 0) is 43.3 Å². The number of carbonyl (C=O) groups is 1. The topological polar surface area (TPSA) is 71.3 Å². The molecule has 0 spiro atoms. The maximum Gasteiger partial charge on any atom is 0.277 e. The number of benzene rings is 2. The second-order valence-electron chi connectivity index (χ2n) is 5.93. The molecule has 2 aromatic carbocycles. The lowest BCUT2D eigenvalue weighted by Crippen LogP contribution is -2.22. The molecule has 0 radical (unpaired) electrons. The van der Waals surface area contributed by atoms with E-state index >= 15 is 0 Å². The van der Waals surface area contributed by atoms with E-state index in [1.54, 1.807) is 6.92 Å². The van der Waals surface area contributed by atoms with E-state index in [9.17, 15) is 4.79 Å². The van der Waals surface area contributed by atoms with Crippen molar-refractivity contribution in [1.29, 1.82) is 0 Å². The molecule has 3 rings (SSSR count). The van der Waals surface area contributed by atoms with Gasteiger partial charge in [-0.15, -0.1) is 10.2 Å². The second kappa shape index (κ2) is 8.05. The van der Waals surface area contributed by atoms with Crippen molar-refractivity contribution < 1.29 is 9.21 Å². The molecule has 1 aromatic heterocycles. The van der Waals surface area contributed by atoms with Gasteiger partial charge in [-0.25, -0.2) is 0 Å². The molecule has 26 heavy (non-hydrogen) atoms. The Morgan fingerprint density at radius 3 is 2.42 bits per heavy atom. The molecule has 0 aliphatic heterocycles. The number of amides is 1. The molecule has 1 heterocycles. The third-order valence-corrected chi connectivity index (χ3v) is 4.66. The molecule has 0 bridgehead atoms. The number of carbonyl (C=O) groups excluding carboxylic acids is 1. The van der Waals surface area contributed by atoms with Gasteiger partial charge >= 0.3 is 0 Å². The lowest BCUT2D eigenvalue weighted by molar-refractivity contribution is -0.115. The average molecular weight is 368 g/mol. The van der Waals surface area contributed by atoms with Crippen LogP contribution in [-0.4, -0.2) is 35.4 Å². The van der Waals surface area contributed by atoms with Gasteiger partial charge in [0.25, 0.3) is 5.22 Å². The van der Waals surface area contributed by atoms with Crippen LogP contribution < -0.4 is 10.2 Å². The first kappa shape index (κ1) is 18.0. The zero-order valence-corrected chi connectivity index (χ0v) is 15.7. The van der Waals surface area contributed by atoms with Crippen molar-refractivity contribution >= 4 is 29.0 Å². The highest BCUT2D eigenvalue weighted by molar-refractivity contribution is 8.00. The standard InChI is InChI=1S/C19H20N4O2S/c1-13(17(24)20-15-9-11-16(12-10-15)23(2)3)26-19-22-21-18(25-19)14-7-5-4-6-8-14/h4-13H,1-3H3,(H,20,24). The van der Waals surface area contributed by atoms with Crippen molar-refractivity contribution in [3.63, 3.8) is 0 Å². The van der Waals surface area contributed by atoms with E-state index in [1.165, 1.54) is 11.8 Å². The Morgan fingerprint density at radius 2 is 1.77 bits per heavy atom. The first-order valence-electron chi connectivity index (χ1n) is 8.17. The van der Waals surface area contributed by atoms with Gasteiger partial charge in [0.05, 0.1) is 5.25 Å². The zero-order chi connectivity index (χ0) is 18.5. The zero-order valence-electron chi connectivity index (χ0n) is 14.8. The van der Waals surface area contributed by atoms with Crippen LogP contribution in [0.25, 0.3) is 11.5 Å². The SMILES string of the molecule is CC(Sc1nnc(-c2ccccc2)o1)C(=O)Nc1ccc(N(C)C)cc1. The van der Waals surface area contributed by atoms with Crippen molar-refractivity contribution in [1.82, 2.24) is 10.2 Å². The second-order valence-corrected chi connectivity index (χ2v) is 7.22. The number of hydrogen-bond acceptors (Lipinski definition) is 6. The summed E-state index contributed by atoms with van der Waals surface area (Å²) >= 11 is 1.23. The number of aromatic nitrogens is 2. The predicted molar refractivity (Wildman–Crippen MR) is 104 cm³/mol. The van der Waals surface area contributed by atoms with Crippen LogP contribution in [0, 0.1) is 0 Å². The summed E-state index contributed by atoms with van der Waals surface area (Å²) in [6.45, 7) is 1.81. The van der Waals surface area contributed by atoms with Gasteiger partial charge in [-0.2, -0.15) is 0 Å². The Labute approximate surface area is 156 Å². The molecule has 0 saturated carbocycles. The summed E-state index contributed by atoms with van der Waals surface area (Å²) in [6, 6.07) is 17.2. The molecule has 1 N–H and O–H groups in total. The first-order valence-corrected chi connectivity index (χ1v) is 9.05. The molecule has 3 aromatic rings. The van der Waals surface area contributed by atoms with Gasteiger partial charge in [-0.3, -0.25) is 4.79 Å². The van der Waals surface area contributed by atoms with Gasteiger partial charge < -0.3 is 14.6 Å². The lowest BCUT2D eigenvalue weighted by atomic mass is 10.2. The quantitative estimate of drug-likeness (QED) is 0.665. The Hall–Kier alpha value is -2.80. The van der Waals surface area contributed by atoms with Crippen LogP contribution in [0.3, 0.4) is 0 Å². The van der Waals surface area contributed by atoms with E-state index in [4.69, 9.17) is 4.42 Å². The predicted octanol–water partition coefficient (Wildman–Crippen LogP) is 3.92. The summed E-state index contributed by atoms with van der Waals surface area (Å²) < 4.78 is 5.64. The van der Waals surface area contributed by atoms with E-state index in [-0.39, 0.29) is 11.2 Å². The largest absolute Gasteiger partial charge is 0.411 e. The van der Waals surface area contributed by atoms with E-state index in [2.05, 4.69) is 15.5 Å². The molecule has 7 heteroatoms. The van der Waals surface area contributed by atoms with Gasteiger partial charge in [0.1, 0.15) is 0 Å². The number of nitrogens with one attached hydrogen (secondary N) is 1. The fraction of sp³-hybridized carbons (Fsp3) is 0.211. The molecule has 134 valence electrons. The molecular weight excluding hydrogens is 348 g/mol. The normalized spacial score (nSPS) is 11.8. The number of thioether (sulfide) groups is 1.